The van der Waals surface area contributed by atoms with E-state index >= 15 is 0 Å². The third-order valence-electron chi connectivity index (χ3n) is 4.01. The molecule has 0 aliphatic rings. The highest BCUT2D eigenvalue weighted by molar-refractivity contribution is 5.94. The summed E-state index contributed by atoms with van der Waals surface area (Å²) >= 11 is 0. The Balaban J connectivity index is 1.85. The molecule has 0 atom stereocenters. The van der Waals surface area contributed by atoms with Crippen molar-refractivity contribution in [1.82, 2.24) is 4.90 Å². The van der Waals surface area contributed by atoms with Crippen LogP contribution in [0.15, 0.2) is 84.9 Å². The Bertz CT molecular complexity index is 785. The summed E-state index contributed by atoms with van der Waals surface area (Å²) in [5.41, 5.74) is 3.30. The zero-order chi connectivity index (χ0) is 17.5. The van der Waals surface area contributed by atoms with Gasteiger partial charge >= 0.3 is 0 Å². The van der Waals surface area contributed by atoms with Gasteiger partial charge in [-0.3, -0.25) is 9.59 Å². The third-order valence-corrected chi connectivity index (χ3v) is 4.01. The summed E-state index contributed by atoms with van der Waals surface area (Å²) in [7, 11) is 0. The van der Waals surface area contributed by atoms with Gasteiger partial charge in [-0.05, 0) is 23.3 Å². The smallest absolute Gasteiger partial charge is 0.254 e. The van der Waals surface area contributed by atoms with Crippen LogP contribution in [0.25, 0.3) is 0 Å². The van der Waals surface area contributed by atoms with Crippen LogP contribution in [0.3, 0.4) is 0 Å². The maximum Gasteiger partial charge on any atom is 0.254 e. The Hall–Kier alpha value is -3.20. The van der Waals surface area contributed by atoms with Gasteiger partial charge in [0.05, 0.1) is 0 Å². The van der Waals surface area contributed by atoms with Gasteiger partial charge in [0.15, 0.2) is 0 Å². The highest BCUT2D eigenvalue weighted by Crippen LogP contribution is 2.15. The summed E-state index contributed by atoms with van der Waals surface area (Å²) in [6.45, 7) is 1.06. The highest BCUT2D eigenvalue weighted by Gasteiger charge is 2.16. The number of carbonyl (C=O) groups is 2. The Labute approximate surface area is 147 Å². The van der Waals surface area contributed by atoms with Gasteiger partial charge in [-0.2, -0.15) is 0 Å². The van der Waals surface area contributed by atoms with Crippen molar-refractivity contribution in [3.8, 4) is 0 Å². The molecule has 0 saturated carbocycles. The monoisotopic (exact) mass is 329 g/mol. The van der Waals surface area contributed by atoms with Crippen LogP contribution in [0, 0.1) is 0 Å². The molecule has 0 fully saturated rings. The second-order valence-electron chi connectivity index (χ2n) is 5.87. The minimum atomic E-state index is -0.0508. The lowest BCUT2D eigenvalue weighted by molar-refractivity contribution is 0.0729. The molecule has 0 unspecified atom stereocenters. The number of hydrogen-bond donors (Lipinski definition) is 0. The lowest BCUT2D eigenvalue weighted by Gasteiger charge is -2.23. The zero-order valence-corrected chi connectivity index (χ0v) is 13.8. The predicted octanol–water partition coefficient (Wildman–Crippen LogP) is 4.34. The number of rotatable bonds is 6. The van der Waals surface area contributed by atoms with E-state index in [1.54, 1.807) is 24.3 Å². The fourth-order valence-corrected chi connectivity index (χ4v) is 2.69. The molecule has 25 heavy (non-hydrogen) atoms. The first-order chi connectivity index (χ1) is 12.3. The first-order valence-corrected chi connectivity index (χ1v) is 8.18. The summed E-state index contributed by atoms with van der Waals surface area (Å²) in [5, 5.41) is 0. The maximum absolute atomic E-state index is 13.0. The zero-order valence-electron chi connectivity index (χ0n) is 13.8. The molecule has 124 valence electrons. The number of aldehydes is 1. The molecule has 0 heterocycles. The van der Waals surface area contributed by atoms with Gasteiger partial charge in [0.25, 0.3) is 5.91 Å². The van der Waals surface area contributed by atoms with Gasteiger partial charge in [-0.1, -0.05) is 72.8 Å². The highest BCUT2D eigenvalue weighted by atomic mass is 16.2. The third kappa shape index (κ3) is 4.42. The minimum absolute atomic E-state index is 0.0508. The second-order valence-corrected chi connectivity index (χ2v) is 5.87. The lowest BCUT2D eigenvalue weighted by atomic mass is 10.1. The van der Waals surface area contributed by atoms with Gasteiger partial charge < -0.3 is 4.90 Å². The molecule has 0 saturated heterocycles. The van der Waals surface area contributed by atoms with Crippen LogP contribution in [0.5, 0.6) is 0 Å². The first kappa shape index (κ1) is 16.7. The molecule has 0 spiro atoms. The summed E-state index contributed by atoms with van der Waals surface area (Å²) in [4.78, 5) is 25.6. The van der Waals surface area contributed by atoms with E-state index in [0.29, 0.717) is 24.2 Å². The van der Waals surface area contributed by atoms with Crippen molar-refractivity contribution in [2.45, 2.75) is 13.1 Å². The number of carbonyl (C=O) groups excluding carboxylic acids is 2. The average Bonchev–Trinajstić information content (AvgIpc) is 2.68. The SMILES string of the molecule is O=Cc1ccc(C(=O)N(Cc2ccccc2)Cc2ccccc2)cc1. The molecule has 1 amide bonds. The van der Waals surface area contributed by atoms with E-state index < -0.39 is 0 Å². The summed E-state index contributed by atoms with van der Waals surface area (Å²) in [6.07, 6.45) is 0.778. The average molecular weight is 329 g/mol. The molecule has 0 N–H and O–H groups in total. The summed E-state index contributed by atoms with van der Waals surface area (Å²) in [6, 6.07) is 26.6. The van der Waals surface area contributed by atoms with Crippen LogP contribution >= 0.6 is 0 Å². The summed E-state index contributed by atoms with van der Waals surface area (Å²) < 4.78 is 0. The van der Waals surface area contributed by atoms with Crippen molar-refractivity contribution in [3.63, 3.8) is 0 Å². The number of nitrogens with zero attached hydrogens (tertiary/aromatic N) is 1. The normalized spacial score (nSPS) is 10.2. The van der Waals surface area contributed by atoms with Crippen LogP contribution in [-0.4, -0.2) is 17.1 Å². The van der Waals surface area contributed by atoms with Gasteiger partial charge in [0.1, 0.15) is 6.29 Å². The van der Waals surface area contributed by atoms with Crippen molar-refractivity contribution >= 4 is 12.2 Å². The Kier molecular flexibility index (Phi) is 5.37. The fourth-order valence-electron chi connectivity index (χ4n) is 2.69. The molecule has 3 aromatic rings. The van der Waals surface area contributed by atoms with E-state index in [9.17, 15) is 9.59 Å². The minimum Gasteiger partial charge on any atom is -0.330 e. The molecule has 3 aromatic carbocycles. The van der Waals surface area contributed by atoms with Crippen molar-refractivity contribution in [1.29, 1.82) is 0 Å². The Morgan fingerprint density at radius 1 is 0.720 bits per heavy atom. The molecular weight excluding hydrogens is 310 g/mol. The molecule has 3 nitrogen and oxygen atoms in total. The van der Waals surface area contributed by atoms with Crippen LogP contribution in [0.2, 0.25) is 0 Å². The lowest BCUT2D eigenvalue weighted by Crippen LogP contribution is -2.30. The fraction of sp³-hybridized carbons (Fsp3) is 0.0909. The number of benzene rings is 3. The predicted molar refractivity (Wildman–Crippen MR) is 98.3 cm³/mol. The van der Waals surface area contributed by atoms with Crippen molar-refractivity contribution in [2.75, 3.05) is 0 Å². The van der Waals surface area contributed by atoms with Crippen molar-refractivity contribution < 1.29 is 9.59 Å². The molecule has 0 aliphatic carbocycles. The van der Waals surface area contributed by atoms with Crippen LogP contribution in [-0.2, 0) is 13.1 Å². The van der Waals surface area contributed by atoms with E-state index in [1.165, 1.54) is 0 Å². The largest absolute Gasteiger partial charge is 0.330 e. The van der Waals surface area contributed by atoms with Crippen molar-refractivity contribution in [3.05, 3.63) is 107 Å². The van der Waals surface area contributed by atoms with E-state index in [1.807, 2.05) is 65.6 Å². The number of amides is 1. The summed E-state index contributed by atoms with van der Waals surface area (Å²) in [5.74, 6) is -0.0508. The van der Waals surface area contributed by atoms with Gasteiger partial charge in [0, 0.05) is 24.2 Å². The number of hydrogen-bond acceptors (Lipinski definition) is 2. The second kappa shape index (κ2) is 8.06. The molecule has 3 heteroatoms. The molecule has 0 aliphatic heterocycles. The molecule has 0 aromatic heterocycles. The quantitative estimate of drug-likeness (QED) is 0.631. The van der Waals surface area contributed by atoms with Gasteiger partial charge in [0.2, 0.25) is 0 Å². The molecule has 0 radical (unpaired) electrons. The van der Waals surface area contributed by atoms with E-state index in [-0.39, 0.29) is 5.91 Å². The van der Waals surface area contributed by atoms with Crippen molar-refractivity contribution in [2.24, 2.45) is 0 Å². The van der Waals surface area contributed by atoms with Crippen LogP contribution in [0.1, 0.15) is 31.8 Å². The van der Waals surface area contributed by atoms with E-state index in [0.717, 1.165) is 17.4 Å². The maximum atomic E-state index is 13.0. The Morgan fingerprint density at radius 3 is 1.64 bits per heavy atom. The topological polar surface area (TPSA) is 37.4 Å². The molecular formula is C22H19NO2. The van der Waals surface area contributed by atoms with Crippen LogP contribution in [0.4, 0.5) is 0 Å². The molecule has 3 rings (SSSR count). The van der Waals surface area contributed by atoms with Gasteiger partial charge in [-0.25, -0.2) is 0 Å². The van der Waals surface area contributed by atoms with E-state index in [2.05, 4.69) is 0 Å². The van der Waals surface area contributed by atoms with Crippen LogP contribution < -0.4 is 0 Å². The first-order valence-electron chi connectivity index (χ1n) is 8.18. The van der Waals surface area contributed by atoms with E-state index in [4.69, 9.17) is 0 Å². The van der Waals surface area contributed by atoms with Gasteiger partial charge in [-0.15, -0.1) is 0 Å². The molecule has 0 bridgehead atoms. The Morgan fingerprint density at radius 2 is 1.20 bits per heavy atom. The standard InChI is InChI=1S/C22H19NO2/c24-17-20-11-13-21(14-12-20)22(25)23(15-18-7-3-1-4-8-18)16-19-9-5-2-6-10-19/h1-14,17H,15-16H2.